The summed E-state index contributed by atoms with van der Waals surface area (Å²) in [5, 5.41) is 10.2. The van der Waals surface area contributed by atoms with Gasteiger partial charge in [0.2, 0.25) is 0 Å². The van der Waals surface area contributed by atoms with Crippen molar-refractivity contribution in [3.05, 3.63) is 76.6 Å². The zero-order valence-corrected chi connectivity index (χ0v) is 15.9. The van der Waals surface area contributed by atoms with Gasteiger partial charge in [-0.25, -0.2) is 14.2 Å². The summed E-state index contributed by atoms with van der Waals surface area (Å²) < 4.78 is 19.1. The zero-order chi connectivity index (χ0) is 21.1. The minimum absolute atomic E-state index is 0.0679. The smallest absolute Gasteiger partial charge is 0.341 e. The van der Waals surface area contributed by atoms with E-state index < -0.39 is 17.6 Å². The number of rotatable bonds is 5. The Bertz CT molecular complexity index is 1110. The average molecular weight is 394 g/mol. The fraction of sp³-hybridized carbons (Fsp3) is 0.136. The van der Waals surface area contributed by atoms with Crippen LogP contribution in [0, 0.1) is 12.7 Å². The summed E-state index contributed by atoms with van der Waals surface area (Å²) >= 11 is 0. The normalized spacial score (nSPS) is 10.6. The van der Waals surface area contributed by atoms with E-state index in [-0.39, 0.29) is 46.1 Å². The van der Waals surface area contributed by atoms with Crippen LogP contribution in [0.1, 0.15) is 38.8 Å². The lowest BCUT2D eigenvalue weighted by Crippen LogP contribution is -2.09. The molecule has 3 N–H and O–H groups in total. The minimum Gasteiger partial charge on any atom is -0.507 e. The van der Waals surface area contributed by atoms with Gasteiger partial charge in [0.15, 0.2) is 5.78 Å². The van der Waals surface area contributed by atoms with Crippen molar-refractivity contribution < 1.29 is 23.8 Å². The second kappa shape index (κ2) is 8.10. The van der Waals surface area contributed by atoms with Crippen molar-refractivity contribution in [2.75, 3.05) is 12.3 Å². The summed E-state index contributed by atoms with van der Waals surface area (Å²) in [4.78, 5) is 28.7. The average Bonchev–Trinajstić information content (AvgIpc) is 2.68. The third-order valence-electron chi connectivity index (χ3n) is 4.32. The van der Waals surface area contributed by atoms with Crippen LogP contribution in [0.4, 0.5) is 10.2 Å². The van der Waals surface area contributed by atoms with Gasteiger partial charge < -0.3 is 15.6 Å². The fourth-order valence-electron chi connectivity index (χ4n) is 2.85. The number of carbonyl (C=O) groups is 2. The summed E-state index contributed by atoms with van der Waals surface area (Å²) in [5.74, 6) is -1.96. The molecular formula is C22H19FN2O4. The maximum atomic E-state index is 14.2. The number of nitrogen functional groups attached to an aromatic ring is 1. The van der Waals surface area contributed by atoms with Crippen molar-refractivity contribution in [3.8, 4) is 17.0 Å². The van der Waals surface area contributed by atoms with Crippen LogP contribution in [-0.2, 0) is 4.74 Å². The minimum atomic E-state index is -0.620. The van der Waals surface area contributed by atoms with Crippen LogP contribution in [0.3, 0.4) is 0 Å². The van der Waals surface area contributed by atoms with Crippen molar-refractivity contribution in [1.29, 1.82) is 0 Å². The van der Waals surface area contributed by atoms with E-state index in [1.807, 2.05) is 0 Å². The molecule has 1 heterocycles. The quantitative estimate of drug-likeness (QED) is 0.503. The predicted octanol–water partition coefficient (Wildman–Crippen LogP) is 3.89. The molecule has 0 aliphatic rings. The first-order valence-electron chi connectivity index (χ1n) is 8.89. The third kappa shape index (κ3) is 4.08. The number of aromatic nitrogens is 1. The van der Waals surface area contributed by atoms with Crippen molar-refractivity contribution in [1.82, 2.24) is 4.98 Å². The lowest BCUT2D eigenvalue weighted by molar-refractivity contribution is 0.0527. The fourth-order valence-corrected chi connectivity index (χ4v) is 2.85. The van der Waals surface area contributed by atoms with Crippen LogP contribution in [0.5, 0.6) is 5.75 Å². The van der Waals surface area contributed by atoms with E-state index in [1.165, 1.54) is 42.5 Å². The molecule has 6 nitrogen and oxygen atoms in total. The molecule has 148 valence electrons. The number of nitrogens with zero attached hydrogens (tertiary/aromatic N) is 1. The van der Waals surface area contributed by atoms with Crippen molar-refractivity contribution in [2.45, 2.75) is 13.8 Å². The van der Waals surface area contributed by atoms with Crippen LogP contribution in [-0.4, -0.2) is 28.4 Å². The summed E-state index contributed by atoms with van der Waals surface area (Å²) in [6, 6.07) is 11.4. The highest BCUT2D eigenvalue weighted by Crippen LogP contribution is 2.31. The molecule has 0 amide bonds. The number of hydrogen-bond donors (Lipinski definition) is 2. The van der Waals surface area contributed by atoms with Gasteiger partial charge in [0.05, 0.1) is 17.9 Å². The first-order chi connectivity index (χ1) is 13.8. The molecule has 0 aliphatic carbocycles. The van der Waals surface area contributed by atoms with E-state index in [1.54, 1.807) is 19.9 Å². The first-order valence-corrected chi connectivity index (χ1v) is 8.89. The Kier molecular flexibility index (Phi) is 5.59. The monoisotopic (exact) mass is 394 g/mol. The number of aromatic hydroxyl groups is 1. The second-order valence-corrected chi connectivity index (χ2v) is 6.39. The number of carbonyl (C=O) groups excluding carboxylic acids is 2. The Morgan fingerprint density at radius 3 is 2.48 bits per heavy atom. The molecule has 7 heteroatoms. The van der Waals surface area contributed by atoms with Crippen LogP contribution in [0.15, 0.2) is 48.5 Å². The van der Waals surface area contributed by atoms with Gasteiger partial charge >= 0.3 is 5.97 Å². The van der Waals surface area contributed by atoms with Crippen LogP contribution in [0.2, 0.25) is 0 Å². The second-order valence-electron chi connectivity index (χ2n) is 6.39. The lowest BCUT2D eigenvalue weighted by Gasteiger charge is -2.10. The highest BCUT2D eigenvalue weighted by atomic mass is 19.1. The molecule has 2 aromatic carbocycles. The molecule has 0 spiro atoms. The SMILES string of the molecule is CCOC(=O)c1ccc(-c2cc(C(=O)c3ccc(C)cc3F)ccc2O)nc1N. The number of ketones is 1. The van der Waals surface area contributed by atoms with E-state index >= 15 is 0 Å². The van der Waals surface area contributed by atoms with E-state index in [9.17, 15) is 19.1 Å². The van der Waals surface area contributed by atoms with Crippen molar-refractivity contribution in [2.24, 2.45) is 0 Å². The molecule has 0 saturated carbocycles. The molecule has 1 aromatic heterocycles. The van der Waals surface area contributed by atoms with Gasteiger partial charge in [0, 0.05) is 11.1 Å². The Balaban J connectivity index is 2.00. The number of aryl methyl sites for hydroxylation is 1. The van der Waals surface area contributed by atoms with Crippen LogP contribution < -0.4 is 5.73 Å². The van der Waals surface area contributed by atoms with E-state index in [4.69, 9.17) is 10.5 Å². The maximum Gasteiger partial charge on any atom is 0.341 e. The Morgan fingerprint density at radius 2 is 1.83 bits per heavy atom. The van der Waals surface area contributed by atoms with Gasteiger partial charge in [-0.2, -0.15) is 0 Å². The topological polar surface area (TPSA) is 103 Å². The molecule has 0 fully saturated rings. The van der Waals surface area contributed by atoms with Crippen LogP contribution >= 0.6 is 0 Å². The van der Waals surface area contributed by atoms with Gasteiger partial charge in [-0.05, 0) is 61.9 Å². The number of phenolic OH excluding ortho intramolecular Hbond substituents is 1. The zero-order valence-electron chi connectivity index (χ0n) is 15.9. The molecule has 3 aromatic rings. The molecular weight excluding hydrogens is 375 g/mol. The molecule has 0 aliphatic heterocycles. The molecule has 0 unspecified atom stereocenters. The number of benzene rings is 2. The number of halogens is 1. The standard InChI is InChI=1S/C22H19FN2O4/c1-3-29-22(28)15-7-8-18(25-21(15)24)16-11-13(5-9-19(16)26)20(27)14-6-4-12(2)10-17(14)23/h4-11,26H,3H2,1-2H3,(H2,24,25). The summed E-state index contributed by atoms with van der Waals surface area (Å²) in [7, 11) is 0. The number of nitrogens with two attached hydrogens (primary N) is 1. The molecule has 3 rings (SSSR count). The van der Waals surface area contributed by atoms with E-state index in [2.05, 4.69) is 4.98 Å². The summed E-state index contributed by atoms with van der Waals surface area (Å²) in [6.45, 7) is 3.60. The van der Waals surface area contributed by atoms with Crippen molar-refractivity contribution in [3.63, 3.8) is 0 Å². The first kappa shape index (κ1) is 20.0. The van der Waals surface area contributed by atoms with Gasteiger partial charge in [-0.15, -0.1) is 0 Å². The Hall–Kier alpha value is -3.74. The van der Waals surface area contributed by atoms with Crippen molar-refractivity contribution >= 4 is 17.6 Å². The highest BCUT2D eigenvalue weighted by Gasteiger charge is 2.18. The molecule has 0 bridgehead atoms. The lowest BCUT2D eigenvalue weighted by atomic mass is 9.98. The number of esters is 1. The largest absolute Gasteiger partial charge is 0.507 e. The van der Waals surface area contributed by atoms with Gasteiger partial charge in [-0.1, -0.05) is 6.07 Å². The molecule has 0 radical (unpaired) electrons. The third-order valence-corrected chi connectivity index (χ3v) is 4.32. The Morgan fingerprint density at radius 1 is 1.10 bits per heavy atom. The molecule has 0 atom stereocenters. The summed E-state index contributed by atoms with van der Waals surface area (Å²) in [5.41, 5.74) is 7.24. The maximum absolute atomic E-state index is 14.2. The number of ether oxygens (including phenoxy) is 1. The molecule has 29 heavy (non-hydrogen) atoms. The van der Waals surface area contributed by atoms with Gasteiger partial charge in [0.1, 0.15) is 22.9 Å². The number of hydrogen-bond acceptors (Lipinski definition) is 6. The predicted molar refractivity (Wildman–Crippen MR) is 106 cm³/mol. The number of anilines is 1. The Labute approximate surface area is 166 Å². The van der Waals surface area contributed by atoms with Gasteiger partial charge in [0.25, 0.3) is 0 Å². The van der Waals surface area contributed by atoms with E-state index in [0.29, 0.717) is 5.56 Å². The number of phenols is 1. The summed E-state index contributed by atoms with van der Waals surface area (Å²) in [6.07, 6.45) is 0. The number of pyridine rings is 1. The van der Waals surface area contributed by atoms with E-state index in [0.717, 1.165) is 0 Å². The molecule has 0 saturated heterocycles. The van der Waals surface area contributed by atoms with Crippen LogP contribution in [0.25, 0.3) is 11.3 Å². The highest BCUT2D eigenvalue weighted by molar-refractivity contribution is 6.10. The van der Waals surface area contributed by atoms with Gasteiger partial charge in [-0.3, -0.25) is 4.79 Å².